The van der Waals surface area contributed by atoms with Crippen molar-refractivity contribution in [2.24, 2.45) is 5.92 Å². The summed E-state index contributed by atoms with van der Waals surface area (Å²) < 4.78 is 6.23. The number of nitrogens with zero attached hydrogens (tertiary/aromatic N) is 1. The van der Waals surface area contributed by atoms with E-state index in [0.717, 1.165) is 45.4 Å². The minimum Gasteiger partial charge on any atom is -0.417 e. The lowest BCUT2D eigenvalue weighted by atomic mass is 10.0. The first-order valence-corrected chi connectivity index (χ1v) is 12.6. The van der Waals surface area contributed by atoms with Gasteiger partial charge in [0.1, 0.15) is 0 Å². The van der Waals surface area contributed by atoms with E-state index in [0.29, 0.717) is 5.91 Å². The standard InChI is InChI=1S/C21H35NO2Si/c1-21(2,3)25(4,5)24-16-10-9-13-19-14-15-22(20(19)23)17-18-11-7-6-8-12-18/h6-8,11-12,19H,9-10,13-17H2,1-5H3/t19-/m0/s1. The van der Waals surface area contributed by atoms with E-state index in [1.54, 1.807) is 0 Å². The molecule has 1 amide bonds. The molecular weight excluding hydrogens is 326 g/mol. The van der Waals surface area contributed by atoms with Crippen molar-refractivity contribution < 1.29 is 9.22 Å². The van der Waals surface area contributed by atoms with Gasteiger partial charge in [0.05, 0.1) is 0 Å². The zero-order valence-corrected chi connectivity index (χ0v) is 17.7. The summed E-state index contributed by atoms with van der Waals surface area (Å²) in [5, 5.41) is 0.270. The summed E-state index contributed by atoms with van der Waals surface area (Å²) in [5.74, 6) is 0.561. The van der Waals surface area contributed by atoms with Crippen molar-refractivity contribution in [1.29, 1.82) is 0 Å². The maximum absolute atomic E-state index is 12.6. The molecule has 0 bridgehead atoms. The average Bonchev–Trinajstić information content (AvgIpc) is 2.87. The zero-order chi connectivity index (χ0) is 18.5. The summed E-state index contributed by atoms with van der Waals surface area (Å²) >= 11 is 0. The van der Waals surface area contributed by atoms with Crippen LogP contribution in [0.15, 0.2) is 30.3 Å². The fraction of sp³-hybridized carbons (Fsp3) is 0.667. The predicted molar refractivity (Wildman–Crippen MR) is 107 cm³/mol. The van der Waals surface area contributed by atoms with Crippen LogP contribution in [0.1, 0.15) is 52.0 Å². The number of rotatable bonds is 8. The lowest BCUT2D eigenvalue weighted by Gasteiger charge is -2.36. The van der Waals surface area contributed by atoms with Gasteiger partial charge in [0, 0.05) is 25.6 Å². The van der Waals surface area contributed by atoms with Crippen molar-refractivity contribution in [3.8, 4) is 0 Å². The minimum atomic E-state index is -1.63. The number of unbranched alkanes of at least 4 members (excludes halogenated alkanes) is 1. The van der Waals surface area contributed by atoms with Crippen LogP contribution >= 0.6 is 0 Å². The van der Waals surface area contributed by atoms with Gasteiger partial charge >= 0.3 is 0 Å². The molecule has 1 aliphatic heterocycles. The van der Waals surface area contributed by atoms with Crippen LogP contribution in [0.2, 0.25) is 18.1 Å². The van der Waals surface area contributed by atoms with Crippen LogP contribution < -0.4 is 0 Å². The Morgan fingerprint density at radius 2 is 1.84 bits per heavy atom. The Balaban J connectivity index is 1.68. The number of hydrogen-bond donors (Lipinski definition) is 0. The van der Waals surface area contributed by atoms with E-state index in [2.05, 4.69) is 46.0 Å². The fourth-order valence-corrected chi connectivity index (χ4v) is 4.16. The van der Waals surface area contributed by atoms with E-state index < -0.39 is 8.32 Å². The molecule has 0 saturated carbocycles. The molecular formula is C21H35NO2Si. The summed E-state index contributed by atoms with van der Waals surface area (Å²) in [6, 6.07) is 10.3. The zero-order valence-electron chi connectivity index (χ0n) is 16.7. The van der Waals surface area contributed by atoms with E-state index >= 15 is 0 Å². The van der Waals surface area contributed by atoms with E-state index in [-0.39, 0.29) is 11.0 Å². The average molecular weight is 362 g/mol. The van der Waals surface area contributed by atoms with Crippen LogP contribution in [-0.4, -0.2) is 32.3 Å². The lowest BCUT2D eigenvalue weighted by molar-refractivity contribution is -0.131. The molecule has 4 heteroatoms. The Morgan fingerprint density at radius 1 is 1.16 bits per heavy atom. The van der Waals surface area contributed by atoms with E-state index in [1.807, 2.05) is 23.1 Å². The molecule has 1 fully saturated rings. The van der Waals surface area contributed by atoms with E-state index in [4.69, 9.17) is 4.43 Å². The van der Waals surface area contributed by atoms with Gasteiger partial charge in [-0.05, 0) is 43.0 Å². The van der Waals surface area contributed by atoms with Crippen molar-refractivity contribution in [2.45, 2.75) is 71.1 Å². The minimum absolute atomic E-state index is 0.219. The molecule has 140 valence electrons. The summed E-state index contributed by atoms with van der Waals surface area (Å²) in [6.07, 6.45) is 4.17. The number of hydrogen-bond acceptors (Lipinski definition) is 2. The molecule has 0 aromatic heterocycles. The topological polar surface area (TPSA) is 29.5 Å². The molecule has 0 N–H and O–H groups in total. The van der Waals surface area contributed by atoms with Crippen molar-refractivity contribution in [2.75, 3.05) is 13.2 Å². The SMILES string of the molecule is CC(C)(C)[Si](C)(C)OCCCC[C@H]1CCN(Cc2ccccc2)C1=O. The molecule has 1 aromatic carbocycles. The van der Waals surface area contributed by atoms with Gasteiger partial charge in [-0.25, -0.2) is 0 Å². The Bertz CT molecular complexity index is 551. The highest BCUT2D eigenvalue weighted by Crippen LogP contribution is 2.36. The highest BCUT2D eigenvalue weighted by Gasteiger charge is 2.37. The van der Waals surface area contributed by atoms with E-state index in [9.17, 15) is 4.79 Å². The largest absolute Gasteiger partial charge is 0.417 e. The Kier molecular flexibility index (Phi) is 6.86. The molecule has 1 heterocycles. The highest BCUT2D eigenvalue weighted by molar-refractivity contribution is 6.74. The molecule has 0 unspecified atom stereocenters. The maximum atomic E-state index is 12.6. The number of carbonyl (C=O) groups is 1. The first kappa shape index (κ1) is 20.2. The number of carbonyl (C=O) groups excluding carboxylic acids is 1. The van der Waals surface area contributed by atoms with Crippen molar-refractivity contribution in [1.82, 2.24) is 4.90 Å². The molecule has 1 aromatic rings. The van der Waals surface area contributed by atoms with Gasteiger partial charge in [0.2, 0.25) is 5.91 Å². The van der Waals surface area contributed by atoms with Crippen LogP contribution in [0, 0.1) is 5.92 Å². The smallest absolute Gasteiger partial charge is 0.226 e. The normalized spacial score (nSPS) is 18.8. The second kappa shape index (κ2) is 8.50. The van der Waals surface area contributed by atoms with Crippen LogP contribution in [0.3, 0.4) is 0 Å². The van der Waals surface area contributed by atoms with Crippen LogP contribution in [-0.2, 0) is 15.8 Å². The monoisotopic (exact) mass is 361 g/mol. The predicted octanol–water partition coefficient (Wildman–Crippen LogP) is 5.23. The summed E-state index contributed by atoms with van der Waals surface area (Å²) in [5.41, 5.74) is 1.22. The second-order valence-electron chi connectivity index (χ2n) is 8.84. The van der Waals surface area contributed by atoms with Gasteiger partial charge in [-0.15, -0.1) is 0 Å². The Morgan fingerprint density at radius 3 is 2.48 bits per heavy atom. The second-order valence-corrected chi connectivity index (χ2v) is 13.6. The maximum Gasteiger partial charge on any atom is 0.226 e. The highest BCUT2D eigenvalue weighted by atomic mass is 28.4. The molecule has 25 heavy (non-hydrogen) atoms. The van der Waals surface area contributed by atoms with Crippen LogP contribution in [0.4, 0.5) is 0 Å². The van der Waals surface area contributed by atoms with Gasteiger partial charge in [0.25, 0.3) is 0 Å². The van der Waals surface area contributed by atoms with Crippen molar-refractivity contribution in [3.63, 3.8) is 0 Å². The molecule has 0 aliphatic carbocycles. The van der Waals surface area contributed by atoms with Crippen molar-refractivity contribution in [3.05, 3.63) is 35.9 Å². The van der Waals surface area contributed by atoms with Gasteiger partial charge in [-0.1, -0.05) is 57.5 Å². The summed E-state index contributed by atoms with van der Waals surface area (Å²) in [4.78, 5) is 14.6. The third kappa shape index (κ3) is 5.68. The fourth-order valence-electron chi connectivity index (χ4n) is 3.07. The third-order valence-corrected chi connectivity index (χ3v) is 10.4. The van der Waals surface area contributed by atoms with Crippen LogP contribution in [0.25, 0.3) is 0 Å². The number of benzene rings is 1. The van der Waals surface area contributed by atoms with Gasteiger partial charge in [-0.2, -0.15) is 0 Å². The van der Waals surface area contributed by atoms with E-state index in [1.165, 1.54) is 5.56 Å². The number of likely N-dealkylation sites (tertiary alicyclic amines) is 1. The summed E-state index contributed by atoms with van der Waals surface area (Å²) in [6.45, 7) is 13.9. The quantitative estimate of drug-likeness (QED) is 0.469. The molecule has 1 aliphatic rings. The number of amides is 1. The van der Waals surface area contributed by atoms with Gasteiger partial charge < -0.3 is 9.33 Å². The molecule has 3 nitrogen and oxygen atoms in total. The van der Waals surface area contributed by atoms with Gasteiger partial charge in [0.15, 0.2) is 8.32 Å². The third-order valence-electron chi connectivity index (χ3n) is 5.84. The Labute approximate surface area is 154 Å². The van der Waals surface area contributed by atoms with Crippen molar-refractivity contribution >= 4 is 14.2 Å². The lowest BCUT2D eigenvalue weighted by Crippen LogP contribution is -2.40. The first-order valence-electron chi connectivity index (χ1n) is 9.67. The molecule has 1 atom stereocenters. The molecule has 2 rings (SSSR count). The van der Waals surface area contributed by atoms with Gasteiger partial charge in [-0.3, -0.25) is 4.79 Å². The first-order chi connectivity index (χ1) is 11.7. The molecule has 1 saturated heterocycles. The molecule has 0 spiro atoms. The molecule has 0 radical (unpaired) electrons. The Hall–Kier alpha value is -1.13. The van der Waals surface area contributed by atoms with Crippen LogP contribution in [0.5, 0.6) is 0 Å². The summed E-state index contributed by atoms with van der Waals surface area (Å²) in [7, 11) is -1.63.